The van der Waals surface area contributed by atoms with Crippen LogP contribution < -0.4 is 5.32 Å². The molecule has 1 aromatic carbocycles. The third kappa shape index (κ3) is 10.2. The fraction of sp³-hybridized carbons (Fsp3) is 0.636. The molecule has 0 aliphatic heterocycles. The molecule has 0 aliphatic carbocycles. The SMILES string of the molecule is CCCCCCCCCCCC(=O)Nc1ccc(C(=O)OCCC)cc1. The maximum absolute atomic E-state index is 12.0. The Bertz CT molecular complexity index is 511. The number of nitrogens with one attached hydrogen (secondary N) is 1. The number of unbranched alkanes of at least 4 members (excludes halogenated alkanes) is 8. The average Bonchev–Trinajstić information content (AvgIpc) is 2.65. The van der Waals surface area contributed by atoms with Gasteiger partial charge < -0.3 is 10.1 Å². The van der Waals surface area contributed by atoms with E-state index in [1.165, 1.54) is 44.9 Å². The molecule has 4 heteroatoms. The number of hydrogen-bond donors (Lipinski definition) is 1. The Kier molecular flexibility index (Phi) is 12.2. The van der Waals surface area contributed by atoms with Gasteiger partial charge in [0.1, 0.15) is 0 Å². The van der Waals surface area contributed by atoms with E-state index in [1.807, 2.05) is 6.92 Å². The Morgan fingerprint density at radius 1 is 0.808 bits per heavy atom. The predicted octanol–water partition coefficient (Wildman–Crippen LogP) is 6.11. The molecule has 0 unspecified atom stereocenters. The Morgan fingerprint density at radius 2 is 1.38 bits per heavy atom. The van der Waals surface area contributed by atoms with Gasteiger partial charge in [-0.2, -0.15) is 0 Å². The second-order valence-corrected chi connectivity index (χ2v) is 6.84. The fourth-order valence-electron chi connectivity index (χ4n) is 2.79. The molecule has 0 heterocycles. The molecule has 1 amide bonds. The molecule has 0 spiro atoms. The van der Waals surface area contributed by atoms with E-state index in [0.29, 0.717) is 18.6 Å². The zero-order chi connectivity index (χ0) is 19.0. The normalized spacial score (nSPS) is 10.5. The Balaban J connectivity index is 2.14. The minimum atomic E-state index is -0.320. The third-order valence-corrected chi connectivity index (χ3v) is 4.35. The standard InChI is InChI=1S/C22H35NO3/c1-3-5-6-7-8-9-10-11-12-13-21(24)23-20-16-14-19(15-17-20)22(25)26-18-4-2/h14-17H,3-13,18H2,1-2H3,(H,23,24). The van der Waals surface area contributed by atoms with Crippen LogP contribution in [0.3, 0.4) is 0 Å². The maximum Gasteiger partial charge on any atom is 0.338 e. The van der Waals surface area contributed by atoms with Crippen molar-refractivity contribution in [2.45, 2.75) is 84.5 Å². The second kappa shape index (κ2) is 14.3. The molecule has 0 bridgehead atoms. The largest absolute Gasteiger partial charge is 0.462 e. The molecule has 0 atom stereocenters. The lowest BCUT2D eigenvalue weighted by Crippen LogP contribution is -2.11. The molecule has 26 heavy (non-hydrogen) atoms. The Morgan fingerprint density at radius 3 is 1.96 bits per heavy atom. The Hall–Kier alpha value is -1.84. The summed E-state index contributed by atoms with van der Waals surface area (Å²) < 4.78 is 5.08. The molecule has 1 aromatic rings. The van der Waals surface area contributed by atoms with Crippen LogP contribution in [0.4, 0.5) is 5.69 Å². The summed E-state index contributed by atoms with van der Waals surface area (Å²) in [6.45, 7) is 4.62. The molecular formula is C22H35NO3. The van der Waals surface area contributed by atoms with E-state index in [-0.39, 0.29) is 11.9 Å². The lowest BCUT2D eigenvalue weighted by atomic mass is 10.1. The first-order chi connectivity index (χ1) is 12.7. The van der Waals surface area contributed by atoms with Crippen LogP contribution >= 0.6 is 0 Å². The highest BCUT2D eigenvalue weighted by atomic mass is 16.5. The van der Waals surface area contributed by atoms with Crippen LogP contribution in [0.5, 0.6) is 0 Å². The summed E-state index contributed by atoms with van der Waals surface area (Å²) in [6.07, 6.45) is 12.6. The van der Waals surface area contributed by atoms with E-state index < -0.39 is 0 Å². The van der Waals surface area contributed by atoms with Crippen molar-refractivity contribution in [1.29, 1.82) is 0 Å². The second-order valence-electron chi connectivity index (χ2n) is 6.84. The quantitative estimate of drug-likeness (QED) is 0.321. The van der Waals surface area contributed by atoms with Crippen LogP contribution in [0.1, 0.15) is 94.8 Å². The summed E-state index contributed by atoms with van der Waals surface area (Å²) in [4.78, 5) is 23.7. The van der Waals surface area contributed by atoms with Crippen molar-refractivity contribution >= 4 is 17.6 Å². The fourth-order valence-corrected chi connectivity index (χ4v) is 2.79. The van der Waals surface area contributed by atoms with Crippen molar-refractivity contribution in [2.24, 2.45) is 0 Å². The van der Waals surface area contributed by atoms with Gasteiger partial charge in [-0.25, -0.2) is 4.79 Å². The number of hydrogen-bond acceptors (Lipinski definition) is 3. The van der Waals surface area contributed by atoms with E-state index >= 15 is 0 Å². The maximum atomic E-state index is 12.0. The van der Waals surface area contributed by atoms with Crippen molar-refractivity contribution in [2.75, 3.05) is 11.9 Å². The lowest BCUT2D eigenvalue weighted by Gasteiger charge is -2.07. The summed E-state index contributed by atoms with van der Waals surface area (Å²) in [5.74, 6) is -0.284. The highest BCUT2D eigenvalue weighted by Gasteiger charge is 2.07. The van der Waals surface area contributed by atoms with E-state index in [4.69, 9.17) is 4.74 Å². The number of carbonyl (C=O) groups excluding carboxylic acids is 2. The van der Waals surface area contributed by atoms with Crippen LogP contribution in [-0.4, -0.2) is 18.5 Å². The molecular weight excluding hydrogens is 326 g/mol. The van der Waals surface area contributed by atoms with Crippen LogP contribution in [0.2, 0.25) is 0 Å². The predicted molar refractivity (Wildman–Crippen MR) is 107 cm³/mol. The summed E-state index contributed by atoms with van der Waals surface area (Å²) >= 11 is 0. The summed E-state index contributed by atoms with van der Waals surface area (Å²) in [5, 5.41) is 2.89. The van der Waals surface area contributed by atoms with Crippen molar-refractivity contribution in [3.63, 3.8) is 0 Å². The van der Waals surface area contributed by atoms with Gasteiger partial charge >= 0.3 is 5.97 Å². The molecule has 0 fully saturated rings. The van der Waals surface area contributed by atoms with Crippen molar-refractivity contribution in [3.8, 4) is 0 Å². The molecule has 0 saturated heterocycles. The van der Waals surface area contributed by atoms with Gasteiger partial charge in [0, 0.05) is 12.1 Å². The van der Waals surface area contributed by atoms with Crippen molar-refractivity contribution in [1.82, 2.24) is 0 Å². The van der Waals surface area contributed by atoms with E-state index in [1.54, 1.807) is 24.3 Å². The van der Waals surface area contributed by atoms with Gasteiger partial charge in [-0.1, -0.05) is 65.2 Å². The smallest absolute Gasteiger partial charge is 0.338 e. The third-order valence-electron chi connectivity index (χ3n) is 4.35. The monoisotopic (exact) mass is 361 g/mol. The van der Waals surface area contributed by atoms with Crippen LogP contribution in [0, 0.1) is 0 Å². The first-order valence-corrected chi connectivity index (χ1v) is 10.2. The minimum Gasteiger partial charge on any atom is -0.462 e. The van der Waals surface area contributed by atoms with Gasteiger partial charge in [0.05, 0.1) is 12.2 Å². The molecule has 1 rings (SSSR count). The Labute approximate surface area is 158 Å². The van der Waals surface area contributed by atoms with Crippen molar-refractivity contribution in [3.05, 3.63) is 29.8 Å². The van der Waals surface area contributed by atoms with Crippen LogP contribution in [0.25, 0.3) is 0 Å². The molecule has 0 radical (unpaired) electrons. The number of rotatable bonds is 14. The highest BCUT2D eigenvalue weighted by molar-refractivity contribution is 5.93. The molecule has 1 N–H and O–H groups in total. The number of carbonyl (C=O) groups is 2. The number of ether oxygens (including phenoxy) is 1. The molecule has 4 nitrogen and oxygen atoms in total. The van der Waals surface area contributed by atoms with Gasteiger partial charge in [0.25, 0.3) is 0 Å². The van der Waals surface area contributed by atoms with Crippen molar-refractivity contribution < 1.29 is 14.3 Å². The van der Waals surface area contributed by atoms with Gasteiger partial charge in [0.15, 0.2) is 0 Å². The minimum absolute atomic E-state index is 0.0363. The molecule has 0 aromatic heterocycles. The zero-order valence-electron chi connectivity index (χ0n) is 16.5. The number of esters is 1. The van der Waals surface area contributed by atoms with Gasteiger partial charge in [-0.05, 0) is 37.1 Å². The number of anilines is 1. The average molecular weight is 362 g/mol. The molecule has 0 aliphatic rings. The number of amides is 1. The van der Waals surface area contributed by atoms with E-state index in [0.717, 1.165) is 24.9 Å². The van der Waals surface area contributed by atoms with E-state index in [9.17, 15) is 9.59 Å². The first-order valence-electron chi connectivity index (χ1n) is 10.2. The molecule has 146 valence electrons. The van der Waals surface area contributed by atoms with Crippen LogP contribution in [-0.2, 0) is 9.53 Å². The van der Waals surface area contributed by atoms with Gasteiger partial charge in [-0.15, -0.1) is 0 Å². The topological polar surface area (TPSA) is 55.4 Å². The summed E-state index contributed by atoms with van der Waals surface area (Å²) in [5.41, 5.74) is 1.23. The van der Waals surface area contributed by atoms with Crippen LogP contribution in [0.15, 0.2) is 24.3 Å². The lowest BCUT2D eigenvalue weighted by molar-refractivity contribution is -0.116. The first kappa shape index (κ1) is 22.2. The zero-order valence-corrected chi connectivity index (χ0v) is 16.5. The highest BCUT2D eigenvalue weighted by Crippen LogP contribution is 2.13. The van der Waals surface area contributed by atoms with E-state index in [2.05, 4.69) is 12.2 Å². The summed E-state index contributed by atoms with van der Waals surface area (Å²) in [7, 11) is 0. The molecule has 0 saturated carbocycles. The summed E-state index contributed by atoms with van der Waals surface area (Å²) in [6, 6.07) is 6.87. The van der Waals surface area contributed by atoms with Gasteiger partial charge in [-0.3, -0.25) is 4.79 Å². The van der Waals surface area contributed by atoms with Gasteiger partial charge in [0.2, 0.25) is 5.91 Å². The number of benzene rings is 1.